The van der Waals surface area contributed by atoms with Gasteiger partial charge in [0.05, 0.1) is 13.1 Å². The van der Waals surface area contributed by atoms with Gasteiger partial charge in [-0.1, -0.05) is 18.2 Å². The zero-order chi connectivity index (χ0) is 17.3. The van der Waals surface area contributed by atoms with Crippen LogP contribution >= 0.6 is 0 Å². The Kier molecular flexibility index (Phi) is 3.83. The van der Waals surface area contributed by atoms with Crippen molar-refractivity contribution < 1.29 is 23.5 Å². The maximum absolute atomic E-state index is 12.7. The third-order valence-electron chi connectivity index (χ3n) is 4.44. The first-order valence-corrected chi connectivity index (χ1v) is 8.22. The second kappa shape index (κ2) is 6.16. The largest absolute Gasteiger partial charge is 0.439 e. The zero-order valence-corrected chi connectivity index (χ0v) is 13.6. The van der Waals surface area contributed by atoms with Gasteiger partial charge in [-0.05, 0) is 31.0 Å². The minimum Gasteiger partial charge on any atom is -0.439 e. The first-order valence-electron chi connectivity index (χ1n) is 8.22. The number of nitrogens with one attached hydrogen (secondary N) is 1. The molecule has 1 aromatic carbocycles. The van der Waals surface area contributed by atoms with Gasteiger partial charge in [0.25, 0.3) is 11.9 Å². The highest BCUT2D eigenvalue weighted by molar-refractivity contribution is 5.91. The fourth-order valence-electron chi connectivity index (χ4n) is 3.25. The second-order valence-corrected chi connectivity index (χ2v) is 6.29. The molecule has 1 spiro atoms. The average molecular weight is 342 g/mol. The van der Waals surface area contributed by atoms with Crippen LogP contribution in [0.1, 0.15) is 23.4 Å². The highest BCUT2D eigenvalue weighted by Gasteiger charge is 2.45. The van der Waals surface area contributed by atoms with Gasteiger partial charge in [-0.3, -0.25) is 4.79 Å². The molecule has 2 aromatic rings. The van der Waals surface area contributed by atoms with Gasteiger partial charge in [-0.15, -0.1) is 0 Å². The molecule has 0 radical (unpaired) electrons. The molecule has 7 nitrogen and oxygen atoms in total. The number of carbonyl (C=O) groups is 2. The van der Waals surface area contributed by atoms with Crippen molar-refractivity contribution in [3.63, 3.8) is 0 Å². The Morgan fingerprint density at radius 1 is 1.20 bits per heavy atom. The Labute approximate surface area is 144 Å². The summed E-state index contributed by atoms with van der Waals surface area (Å²) < 4.78 is 16.5. The number of piperidine rings is 1. The van der Waals surface area contributed by atoms with Gasteiger partial charge >= 0.3 is 6.09 Å². The minimum absolute atomic E-state index is 0.209. The van der Waals surface area contributed by atoms with Crippen molar-refractivity contribution >= 4 is 12.0 Å². The topological polar surface area (TPSA) is 81.0 Å². The van der Waals surface area contributed by atoms with E-state index >= 15 is 0 Å². The van der Waals surface area contributed by atoms with E-state index in [1.807, 2.05) is 18.2 Å². The van der Waals surface area contributed by atoms with E-state index < -0.39 is 11.7 Å². The molecule has 1 atom stereocenters. The normalized spacial score (nSPS) is 22.6. The Hall–Kier alpha value is -2.96. The van der Waals surface area contributed by atoms with E-state index in [0.717, 1.165) is 12.8 Å². The van der Waals surface area contributed by atoms with Gasteiger partial charge < -0.3 is 24.1 Å². The molecule has 0 bridgehead atoms. The van der Waals surface area contributed by atoms with Crippen LogP contribution in [0.25, 0.3) is 0 Å². The Balaban J connectivity index is 1.45. The molecule has 2 aliphatic heterocycles. The molecule has 3 heterocycles. The van der Waals surface area contributed by atoms with E-state index in [2.05, 4.69) is 5.32 Å². The molecular weight excluding hydrogens is 324 g/mol. The number of rotatable bonds is 3. The van der Waals surface area contributed by atoms with Crippen LogP contribution in [-0.2, 0) is 4.74 Å². The monoisotopic (exact) mass is 342 g/mol. The number of para-hydroxylation sites is 1. The van der Waals surface area contributed by atoms with Crippen LogP contribution in [0.5, 0.6) is 11.7 Å². The van der Waals surface area contributed by atoms with E-state index in [4.69, 9.17) is 13.9 Å². The van der Waals surface area contributed by atoms with Crippen molar-refractivity contribution in [2.24, 2.45) is 0 Å². The molecule has 2 amide bonds. The van der Waals surface area contributed by atoms with E-state index in [0.29, 0.717) is 25.4 Å². The number of hydrogen-bond donors (Lipinski definition) is 1. The first-order chi connectivity index (χ1) is 12.1. The number of nitrogens with zero attached hydrogens (tertiary/aromatic N) is 1. The van der Waals surface area contributed by atoms with Gasteiger partial charge in [-0.2, -0.15) is 0 Å². The van der Waals surface area contributed by atoms with E-state index in [-0.39, 0.29) is 17.6 Å². The Morgan fingerprint density at radius 2 is 2.04 bits per heavy atom. The third-order valence-corrected chi connectivity index (χ3v) is 4.44. The summed E-state index contributed by atoms with van der Waals surface area (Å²) in [6.45, 7) is 1.39. The van der Waals surface area contributed by atoms with Crippen molar-refractivity contribution in [2.45, 2.75) is 18.4 Å². The number of benzene rings is 1. The summed E-state index contributed by atoms with van der Waals surface area (Å²) in [5, 5.41) is 2.67. The smallest absolute Gasteiger partial charge is 0.407 e. The predicted molar refractivity (Wildman–Crippen MR) is 87.6 cm³/mol. The molecule has 1 N–H and O–H groups in total. The van der Waals surface area contributed by atoms with E-state index in [9.17, 15) is 9.59 Å². The average Bonchev–Trinajstić information content (AvgIpc) is 3.22. The molecular formula is C18H18N2O5. The molecule has 1 aromatic heterocycles. The highest BCUT2D eigenvalue weighted by atomic mass is 16.6. The molecule has 7 heteroatoms. The summed E-state index contributed by atoms with van der Waals surface area (Å²) in [6.07, 6.45) is 1.09. The van der Waals surface area contributed by atoms with Crippen LogP contribution in [0.3, 0.4) is 0 Å². The Morgan fingerprint density at radius 3 is 2.80 bits per heavy atom. The van der Waals surface area contributed by atoms with E-state index in [1.165, 1.54) is 0 Å². The number of amides is 2. The lowest BCUT2D eigenvalue weighted by molar-refractivity contribution is -0.00611. The standard InChI is InChI=1S/C18H18N2O5/c21-16(20-10-4-9-18(12-20)11-19-17(22)25-18)14-7-8-15(24-14)23-13-5-2-1-3-6-13/h1-3,5-8H,4,9-12H2,(H,19,22). The lowest BCUT2D eigenvalue weighted by atomic mass is 9.93. The molecule has 4 rings (SSSR count). The molecule has 0 saturated carbocycles. The maximum atomic E-state index is 12.7. The van der Waals surface area contributed by atoms with Gasteiger partial charge in [-0.25, -0.2) is 4.79 Å². The maximum Gasteiger partial charge on any atom is 0.407 e. The van der Waals surface area contributed by atoms with Crippen molar-refractivity contribution in [1.82, 2.24) is 10.2 Å². The van der Waals surface area contributed by atoms with Gasteiger partial charge in [0.2, 0.25) is 0 Å². The van der Waals surface area contributed by atoms with Crippen molar-refractivity contribution in [3.8, 4) is 11.7 Å². The molecule has 1 unspecified atom stereocenters. The number of hydrogen-bond acceptors (Lipinski definition) is 5. The second-order valence-electron chi connectivity index (χ2n) is 6.29. The lowest BCUT2D eigenvalue weighted by Gasteiger charge is -2.37. The summed E-state index contributed by atoms with van der Waals surface area (Å²) in [5.74, 6) is 0.872. The third kappa shape index (κ3) is 3.17. The number of furan rings is 1. The van der Waals surface area contributed by atoms with Crippen LogP contribution in [0.15, 0.2) is 46.9 Å². The van der Waals surface area contributed by atoms with E-state index in [1.54, 1.807) is 29.2 Å². The summed E-state index contributed by atoms with van der Waals surface area (Å²) in [5.41, 5.74) is -0.624. The molecule has 130 valence electrons. The fourth-order valence-corrected chi connectivity index (χ4v) is 3.25. The van der Waals surface area contributed by atoms with Crippen LogP contribution in [-0.4, -0.2) is 42.1 Å². The van der Waals surface area contributed by atoms with Crippen LogP contribution < -0.4 is 10.1 Å². The SMILES string of the molecule is O=C1NCC2(CCCN(C(=O)c3ccc(Oc4ccccc4)o3)C2)O1. The first kappa shape index (κ1) is 15.6. The number of ether oxygens (including phenoxy) is 2. The molecule has 25 heavy (non-hydrogen) atoms. The lowest BCUT2D eigenvalue weighted by Crippen LogP contribution is -2.52. The molecule has 0 aliphatic carbocycles. The minimum atomic E-state index is -0.624. The summed E-state index contributed by atoms with van der Waals surface area (Å²) in [4.78, 5) is 25.7. The summed E-state index contributed by atoms with van der Waals surface area (Å²) in [6, 6.07) is 12.4. The summed E-state index contributed by atoms with van der Waals surface area (Å²) in [7, 11) is 0. The van der Waals surface area contributed by atoms with Crippen LogP contribution in [0.4, 0.5) is 4.79 Å². The molecule has 2 saturated heterocycles. The number of carbonyl (C=O) groups excluding carboxylic acids is 2. The van der Waals surface area contributed by atoms with Crippen molar-refractivity contribution in [3.05, 3.63) is 48.2 Å². The van der Waals surface area contributed by atoms with Crippen LogP contribution in [0.2, 0.25) is 0 Å². The van der Waals surface area contributed by atoms with Gasteiger partial charge in [0.1, 0.15) is 11.4 Å². The van der Waals surface area contributed by atoms with Crippen LogP contribution in [0, 0.1) is 0 Å². The van der Waals surface area contributed by atoms with Crippen molar-refractivity contribution in [1.29, 1.82) is 0 Å². The molecule has 2 aliphatic rings. The highest BCUT2D eigenvalue weighted by Crippen LogP contribution is 2.30. The number of alkyl carbamates (subject to hydrolysis) is 1. The van der Waals surface area contributed by atoms with Gasteiger partial charge in [0, 0.05) is 12.6 Å². The molecule has 2 fully saturated rings. The quantitative estimate of drug-likeness (QED) is 0.928. The predicted octanol–water partition coefficient (Wildman–Crippen LogP) is 2.79. The zero-order valence-electron chi connectivity index (χ0n) is 13.6. The Bertz CT molecular complexity index is 788. The van der Waals surface area contributed by atoms with Crippen molar-refractivity contribution in [2.75, 3.05) is 19.6 Å². The fraction of sp³-hybridized carbons (Fsp3) is 0.333. The number of likely N-dealkylation sites (tertiary alicyclic amines) is 1. The summed E-state index contributed by atoms with van der Waals surface area (Å²) >= 11 is 0. The van der Waals surface area contributed by atoms with Gasteiger partial charge in [0.15, 0.2) is 5.76 Å².